The van der Waals surface area contributed by atoms with Crippen LogP contribution < -0.4 is 5.32 Å². The third-order valence-electron chi connectivity index (χ3n) is 3.14. The maximum atomic E-state index is 3.64. The first kappa shape index (κ1) is 9.47. The van der Waals surface area contributed by atoms with Gasteiger partial charge in [0.2, 0.25) is 0 Å². The second-order valence-electron chi connectivity index (χ2n) is 5.53. The fraction of sp³-hybridized carbons (Fsp3) is 1.00. The van der Waals surface area contributed by atoms with Crippen LogP contribution in [0.25, 0.3) is 0 Å². The first-order valence-electron chi connectivity index (χ1n) is 5.56. The second-order valence-corrected chi connectivity index (χ2v) is 5.53. The number of nitrogens with zero attached hydrogens (tertiary/aromatic N) is 1. The molecule has 2 nitrogen and oxygen atoms in total. The Labute approximate surface area is 81.7 Å². The minimum absolute atomic E-state index is 0.313. The summed E-state index contributed by atoms with van der Waals surface area (Å²) in [5, 5.41) is 3.64. The van der Waals surface area contributed by atoms with Gasteiger partial charge in [0.1, 0.15) is 0 Å². The summed E-state index contributed by atoms with van der Waals surface area (Å²) in [6.45, 7) is 10.7. The van der Waals surface area contributed by atoms with Gasteiger partial charge in [-0.3, -0.25) is 4.90 Å². The molecule has 1 atom stereocenters. The van der Waals surface area contributed by atoms with Crippen LogP contribution in [0.2, 0.25) is 0 Å². The van der Waals surface area contributed by atoms with E-state index in [9.17, 15) is 0 Å². The van der Waals surface area contributed by atoms with E-state index in [1.807, 2.05) is 0 Å². The van der Waals surface area contributed by atoms with E-state index >= 15 is 0 Å². The van der Waals surface area contributed by atoms with Crippen LogP contribution in [-0.4, -0.2) is 36.1 Å². The highest BCUT2D eigenvalue weighted by molar-refractivity contribution is 4.93. The molecule has 1 saturated heterocycles. The molecule has 0 amide bonds. The lowest BCUT2D eigenvalue weighted by atomic mass is 10.1. The quantitative estimate of drug-likeness (QED) is 0.660. The van der Waals surface area contributed by atoms with Crippen molar-refractivity contribution < 1.29 is 0 Å². The van der Waals surface area contributed by atoms with E-state index in [-0.39, 0.29) is 0 Å². The largest absolute Gasteiger partial charge is 0.310 e. The lowest BCUT2D eigenvalue weighted by Crippen LogP contribution is -2.46. The standard InChI is InChI=1S/C11H22N2/c1-9-6-12-11(2,3)8-13(7-9)10-4-5-10/h9-10,12H,4-8H2,1-3H3. The third kappa shape index (κ3) is 2.44. The first-order valence-corrected chi connectivity index (χ1v) is 5.56. The van der Waals surface area contributed by atoms with Crippen molar-refractivity contribution in [2.45, 2.75) is 45.2 Å². The molecular weight excluding hydrogens is 160 g/mol. The highest BCUT2D eigenvalue weighted by Crippen LogP contribution is 2.29. The Balaban J connectivity index is 2.00. The molecule has 2 fully saturated rings. The molecule has 2 rings (SSSR count). The van der Waals surface area contributed by atoms with Crippen molar-refractivity contribution in [2.24, 2.45) is 5.92 Å². The molecule has 1 aliphatic carbocycles. The highest BCUT2D eigenvalue weighted by atomic mass is 15.2. The van der Waals surface area contributed by atoms with Crippen LogP contribution in [0.5, 0.6) is 0 Å². The Hall–Kier alpha value is -0.0800. The molecule has 2 heteroatoms. The van der Waals surface area contributed by atoms with Crippen LogP contribution in [-0.2, 0) is 0 Å². The molecule has 0 radical (unpaired) electrons. The van der Waals surface area contributed by atoms with Crippen molar-refractivity contribution in [2.75, 3.05) is 19.6 Å². The fourth-order valence-corrected chi connectivity index (χ4v) is 2.26. The second kappa shape index (κ2) is 3.25. The van der Waals surface area contributed by atoms with Gasteiger partial charge in [-0.2, -0.15) is 0 Å². The molecule has 0 spiro atoms. The molecule has 0 aromatic rings. The summed E-state index contributed by atoms with van der Waals surface area (Å²) in [5.74, 6) is 0.808. The van der Waals surface area contributed by atoms with Crippen molar-refractivity contribution in [1.29, 1.82) is 0 Å². The molecule has 76 valence electrons. The van der Waals surface area contributed by atoms with Crippen LogP contribution in [0.4, 0.5) is 0 Å². The van der Waals surface area contributed by atoms with Crippen molar-refractivity contribution in [3.8, 4) is 0 Å². The van der Waals surface area contributed by atoms with Gasteiger partial charge in [-0.1, -0.05) is 6.92 Å². The van der Waals surface area contributed by atoms with Crippen LogP contribution in [0, 0.1) is 5.92 Å². The monoisotopic (exact) mass is 182 g/mol. The third-order valence-corrected chi connectivity index (χ3v) is 3.14. The summed E-state index contributed by atoms with van der Waals surface area (Å²) in [6.07, 6.45) is 2.87. The molecule has 0 aromatic heterocycles. The van der Waals surface area contributed by atoms with Gasteiger partial charge in [0.15, 0.2) is 0 Å². The van der Waals surface area contributed by atoms with Gasteiger partial charge in [-0.05, 0) is 39.2 Å². The number of hydrogen-bond acceptors (Lipinski definition) is 2. The normalized spacial score (nSPS) is 35.8. The molecule has 1 N–H and O–H groups in total. The molecule has 0 aromatic carbocycles. The summed E-state index contributed by atoms with van der Waals surface area (Å²) < 4.78 is 0. The minimum atomic E-state index is 0.313. The van der Waals surface area contributed by atoms with E-state index in [2.05, 4.69) is 31.0 Å². The van der Waals surface area contributed by atoms with E-state index in [0.717, 1.165) is 12.0 Å². The smallest absolute Gasteiger partial charge is 0.0252 e. The number of hydrogen-bond donors (Lipinski definition) is 1. The molecular formula is C11H22N2. The zero-order valence-electron chi connectivity index (χ0n) is 9.14. The lowest BCUT2D eigenvalue weighted by molar-refractivity contribution is 0.212. The van der Waals surface area contributed by atoms with Crippen LogP contribution in [0.3, 0.4) is 0 Å². The van der Waals surface area contributed by atoms with E-state index in [4.69, 9.17) is 0 Å². The van der Waals surface area contributed by atoms with Crippen molar-refractivity contribution in [3.63, 3.8) is 0 Å². The Morgan fingerprint density at radius 1 is 1.31 bits per heavy atom. The van der Waals surface area contributed by atoms with E-state index in [0.29, 0.717) is 5.54 Å². The molecule has 0 bridgehead atoms. The molecule has 1 heterocycles. The van der Waals surface area contributed by atoms with Crippen LogP contribution in [0.1, 0.15) is 33.6 Å². The summed E-state index contributed by atoms with van der Waals surface area (Å²) in [7, 11) is 0. The Bertz CT molecular complexity index is 185. The average Bonchev–Trinajstić information content (AvgIpc) is 2.79. The van der Waals surface area contributed by atoms with Gasteiger partial charge in [-0.15, -0.1) is 0 Å². The highest BCUT2D eigenvalue weighted by Gasteiger charge is 2.35. The SMILES string of the molecule is CC1CNC(C)(C)CN(C2CC2)C1. The first-order chi connectivity index (χ1) is 6.07. The molecule has 1 aliphatic heterocycles. The van der Waals surface area contributed by atoms with Crippen molar-refractivity contribution >= 4 is 0 Å². The summed E-state index contributed by atoms with van der Waals surface area (Å²) in [6, 6.07) is 0.918. The predicted molar refractivity (Wildman–Crippen MR) is 55.8 cm³/mol. The number of rotatable bonds is 1. The summed E-state index contributed by atoms with van der Waals surface area (Å²) >= 11 is 0. The average molecular weight is 182 g/mol. The summed E-state index contributed by atoms with van der Waals surface area (Å²) in [5.41, 5.74) is 0.313. The minimum Gasteiger partial charge on any atom is -0.310 e. The van der Waals surface area contributed by atoms with E-state index in [1.165, 1.54) is 32.5 Å². The van der Waals surface area contributed by atoms with E-state index in [1.54, 1.807) is 0 Å². The van der Waals surface area contributed by atoms with Gasteiger partial charge < -0.3 is 5.32 Å². The lowest BCUT2D eigenvalue weighted by Gasteiger charge is -2.30. The van der Waals surface area contributed by atoms with Gasteiger partial charge in [0.05, 0.1) is 0 Å². The molecule has 1 saturated carbocycles. The fourth-order valence-electron chi connectivity index (χ4n) is 2.26. The molecule has 2 aliphatic rings. The maximum Gasteiger partial charge on any atom is 0.0252 e. The Morgan fingerprint density at radius 3 is 2.62 bits per heavy atom. The maximum absolute atomic E-state index is 3.64. The van der Waals surface area contributed by atoms with Crippen LogP contribution >= 0.6 is 0 Å². The van der Waals surface area contributed by atoms with Gasteiger partial charge in [0.25, 0.3) is 0 Å². The zero-order chi connectivity index (χ0) is 9.47. The van der Waals surface area contributed by atoms with Gasteiger partial charge >= 0.3 is 0 Å². The molecule has 13 heavy (non-hydrogen) atoms. The van der Waals surface area contributed by atoms with Gasteiger partial charge in [0, 0.05) is 24.7 Å². The van der Waals surface area contributed by atoms with Crippen molar-refractivity contribution in [3.05, 3.63) is 0 Å². The molecule has 1 unspecified atom stereocenters. The zero-order valence-corrected chi connectivity index (χ0v) is 9.14. The topological polar surface area (TPSA) is 15.3 Å². The predicted octanol–water partition coefficient (Wildman–Crippen LogP) is 1.47. The number of nitrogens with one attached hydrogen (secondary N) is 1. The van der Waals surface area contributed by atoms with Crippen molar-refractivity contribution in [1.82, 2.24) is 10.2 Å². The van der Waals surface area contributed by atoms with Gasteiger partial charge in [-0.25, -0.2) is 0 Å². The Morgan fingerprint density at radius 2 is 2.00 bits per heavy atom. The Kier molecular flexibility index (Phi) is 2.37. The van der Waals surface area contributed by atoms with E-state index < -0.39 is 0 Å². The summed E-state index contributed by atoms with van der Waals surface area (Å²) in [4.78, 5) is 2.69. The van der Waals surface area contributed by atoms with Crippen LogP contribution in [0.15, 0.2) is 0 Å².